The third-order valence-corrected chi connectivity index (χ3v) is 3.83. The predicted molar refractivity (Wildman–Crippen MR) is 80.8 cm³/mol. The van der Waals surface area contributed by atoms with Crippen molar-refractivity contribution in [2.45, 2.75) is 38.8 Å². The van der Waals surface area contributed by atoms with Gasteiger partial charge in [0.15, 0.2) is 0 Å². The average molecular weight is 291 g/mol. The highest BCUT2D eigenvalue weighted by Gasteiger charge is 2.21. The van der Waals surface area contributed by atoms with E-state index in [2.05, 4.69) is 10.4 Å². The predicted octanol–water partition coefficient (Wildman–Crippen LogP) is 2.65. The summed E-state index contributed by atoms with van der Waals surface area (Å²) >= 11 is 0. The van der Waals surface area contributed by atoms with Crippen molar-refractivity contribution in [3.63, 3.8) is 0 Å². The van der Waals surface area contributed by atoms with Gasteiger partial charge in [-0.25, -0.2) is 9.07 Å². The zero-order valence-corrected chi connectivity index (χ0v) is 12.5. The third-order valence-electron chi connectivity index (χ3n) is 3.83. The molecule has 0 saturated heterocycles. The number of aliphatic hydroxyl groups is 1. The van der Waals surface area contributed by atoms with Gasteiger partial charge >= 0.3 is 0 Å². The lowest BCUT2D eigenvalue weighted by molar-refractivity contribution is 0.0323. The quantitative estimate of drug-likeness (QED) is 0.824. The van der Waals surface area contributed by atoms with E-state index in [0.29, 0.717) is 13.1 Å². The first-order chi connectivity index (χ1) is 10.1. The molecule has 1 heterocycles. The first-order valence-electron chi connectivity index (χ1n) is 7.29. The molecule has 0 fully saturated rings. The monoisotopic (exact) mass is 291 g/mol. The highest BCUT2D eigenvalue weighted by Crippen LogP contribution is 2.13. The zero-order chi connectivity index (χ0) is 15.3. The minimum absolute atomic E-state index is 0.258. The molecule has 21 heavy (non-hydrogen) atoms. The van der Waals surface area contributed by atoms with Crippen LogP contribution >= 0.6 is 0 Å². The third kappa shape index (κ3) is 4.12. The summed E-state index contributed by atoms with van der Waals surface area (Å²) in [6.45, 7) is 5.17. The molecule has 0 unspecified atom stereocenters. The van der Waals surface area contributed by atoms with Gasteiger partial charge in [-0.3, -0.25) is 0 Å². The first kappa shape index (κ1) is 15.7. The van der Waals surface area contributed by atoms with Crippen LogP contribution in [0.4, 0.5) is 4.39 Å². The molecule has 0 spiro atoms. The van der Waals surface area contributed by atoms with Gasteiger partial charge in [-0.2, -0.15) is 5.10 Å². The standard InChI is InChI=1S/C16H22FN3O/c1-3-16(21,4-2)12-18-9-13-10-19-20(11-13)15-7-5-14(17)6-8-15/h5-8,10-11,18,21H,3-4,9,12H2,1-2H3. The maximum Gasteiger partial charge on any atom is 0.123 e. The second kappa shape index (κ2) is 6.83. The summed E-state index contributed by atoms with van der Waals surface area (Å²) < 4.78 is 14.6. The van der Waals surface area contributed by atoms with Crippen LogP contribution in [0.25, 0.3) is 5.69 Å². The molecule has 114 valence electrons. The van der Waals surface area contributed by atoms with E-state index in [1.54, 1.807) is 23.0 Å². The van der Waals surface area contributed by atoms with Crippen LogP contribution in [0.15, 0.2) is 36.7 Å². The van der Waals surface area contributed by atoms with Crippen LogP contribution in [0, 0.1) is 5.82 Å². The van der Waals surface area contributed by atoms with Gasteiger partial charge in [0.25, 0.3) is 0 Å². The highest BCUT2D eigenvalue weighted by molar-refractivity contribution is 5.31. The van der Waals surface area contributed by atoms with Crippen molar-refractivity contribution in [2.24, 2.45) is 0 Å². The smallest absolute Gasteiger partial charge is 0.123 e. The Balaban J connectivity index is 1.93. The summed E-state index contributed by atoms with van der Waals surface area (Å²) in [7, 11) is 0. The molecule has 0 aliphatic heterocycles. The number of hydrogen-bond donors (Lipinski definition) is 2. The van der Waals surface area contributed by atoms with E-state index in [1.807, 2.05) is 20.0 Å². The summed E-state index contributed by atoms with van der Waals surface area (Å²) in [5.74, 6) is -0.258. The van der Waals surface area contributed by atoms with Crippen molar-refractivity contribution in [3.8, 4) is 5.69 Å². The van der Waals surface area contributed by atoms with Gasteiger partial charge < -0.3 is 10.4 Å². The van der Waals surface area contributed by atoms with Crippen molar-refractivity contribution in [1.29, 1.82) is 0 Å². The largest absolute Gasteiger partial charge is 0.389 e. The molecule has 2 rings (SSSR count). The lowest BCUT2D eigenvalue weighted by atomic mass is 9.97. The Labute approximate surface area is 124 Å². The molecule has 1 aromatic carbocycles. The number of halogens is 1. The van der Waals surface area contributed by atoms with Crippen molar-refractivity contribution in [1.82, 2.24) is 15.1 Å². The van der Waals surface area contributed by atoms with E-state index >= 15 is 0 Å². The molecule has 0 saturated carbocycles. The molecule has 2 aromatic rings. The molecule has 5 heteroatoms. The van der Waals surface area contributed by atoms with Gasteiger partial charge in [0, 0.05) is 24.8 Å². The number of nitrogens with one attached hydrogen (secondary N) is 1. The normalized spacial score (nSPS) is 11.8. The molecule has 0 radical (unpaired) electrons. The molecule has 0 aliphatic carbocycles. The summed E-state index contributed by atoms with van der Waals surface area (Å²) in [5, 5.41) is 17.7. The van der Waals surface area contributed by atoms with E-state index in [1.165, 1.54) is 12.1 Å². The number of benzene rings is 1. The van der Waals surface area contributed by atoms with E-state index < -0.39 is 5.60 Å². The zero-order valence-electron chi connectivity index (χ0n) is 12.5. The summed E-state index contributed by atoms with van der Waals surface area (Å²) in [5.41, 5.74) is 1.20. The van der Waals surface area contributed by atoms with Crippen LogP contribution in [0.3, 0.4) is 0 Å². The van der Waals surface area contributed by atoms with Gasteiger partial charge in [-0.15, -0.1) is 0 Å². The van der Waals surface area contributed by atoms with Gasteiger partial charge in [0.2, 0.25) is 0 Å². The molecule has 2 N–H and O–H groups in total. The SMILES string of the molecule is CCC(O)(CC)CNCc1cnn(-c2ccc(F)cc2)c1. The van der Waals surface area contributed by atoms with E-state index in [9.17, 15) is 9.50 Å². The topological polar surface area (TPSA) is 50.1 Å². The van der Waals surface area contributed by atoms with Crippen molar-refractivity contribution < 1.29 is 9.50 Å². The Morgan fingerprint density at radius 3 is 2.52 bits per heavy atom. The maximum absolute atomic E-state index is 12.9. The number of hydrogen-bond acceptors (Lipinski definition) is 3. The van der Waals surface area contributed by atoms with E-state index in [0.717, 1.165) is 24.1 Å². The van der Waals surface area contributed by atoms with Gasteiger partial charge in [0.05, 0.1) is 17.5 Å². The average Bonchev–Trinajstić information content (AvgIpc) is 2.96. The Morgan fingerprint density at radius 2 is 1.90 bits per heavy atom. The number of nitrogens with zero attached hydrogens (tertiary/aromatic N) is 2. The summed E-state index contributed by atoms with van der Waals surface area (Å²) in [6.07, 6.45) is 5.13. The molecule has 0 bridgehead atoms. The highest BCUT2D eigenvalue weighted by atomic mass is 19.1. The molecular weight excluding hydrogens is 269 g/mol. The van der Waals surface area contributed by atoms with Crippen molar-refractivity contribution in [3.05, 3.63) is 48.0 Å². The first-order valence-corrected chi connectivity index (χ1v) is 7.29. The fourth-order valence-corrected chi connectivity index (χ4v) is 2.13. The number of rotatable bonds is 7. The Hall–Kier alpha value is -1.72. The van der Waals surface area contributed by atoms with Crippen molar-refractivity contribution in [2.75, 3.05) is 6.54 Å². The van der Waals surface area contributed by atoms with Gasteiger partial charge in [-0.05, 0) is 37.1 Å². The Kier molecular flexibility index (Phi) is 5.09. The second-order valence-electron chi connectivity index (χ2n) is 5.30. The van der Waals surface area contributed by atoms with E-state index in [-0.39, 0.29) is 5.82 Å². The Bertz CT molecular complexity index is 561. The van der Waals surface area contributed by atoms with Crippen LogP contribution in [-0.2, 0) is 6.54 Å². The molecule has 0 aliphatic rings. The van der Waals surface area contributed by atoms with Crippen LogP contribution in [-0.4, -0.2) is 27.0 Å². The van der Waals surface area contributed by atoms with Gasteiger partial charge in [-0.1, -0.05) is 13.8 Å². The molecule has 0 amide bonds. The minimum atomic E-state index is -0.646. The van der Waals surface area contributed by atoms with Crippen LogP contribution in [0.2, 0.25) is 0 Å². The van der Waals surface area contributed by atoms with E-state index in [4.69, 9.17) is 0 Å². The fourth-order valence-electron chi connectivity index (χ4n) is 2.13. The van der Waals surface area contributed by atoms with Gasteiger partial charge in [0.1, 0.15) is 5.82 Å². The maximum atomic E-state index is 12.9. The molecule has 0 atom stereocenters. The number of aromatic nitrogens is 2. The fraction of sp³-hybridized carbons (Fsp3) is 0.438. The molecular formula is C16H22FN3O. The molecule has 4 nitrogen and oxygen atoms in total. The minimum Gasteiger partial charge on any atom is -0.389 e. The summed E-state index contributed by atoms with van der Waals surface area (Å²) in [4.78, 5) is 0. The Morgan fingerprint density at radius 1 is 1.24 bits per heavy atom. The van der Waals surface area contributed by atoms with Crippen molar-refractivity contribution >= 4 is 0 Å². The van der Waals surface area contributed by atoms with Crippen LogP contribution < -0.4 is 5.32 Å². The molecule has 1 aromatic heterocycles. The second-order valence-corrected chi connectivity index (χ2v) is 5.30. The lowest BCUT2D eigenvalue weighted by Crippen LogP contribution is -2.39. The van der Waals surface area contributed by atoms with Crippen LogP contribution in [0.5, 0.6) is 0 Å². The summed E-state index contributed by atoms with van der Waals surface area (Å²) in [6, 6.07) is 6.20. The lowest BCUT2D eigenvalue weighted by Gasteiger charge is -2.25. The van der Waals surface area contributed by atoms with Crippen LogP contribution in [0.1, 0.15) is 32.3 Å².